The molecular formula is C12H9N3O3. The number of pyridine rings is 1. The number of para-hydroxylation sites is 1. The lowest BCUT2D eigenvalue weighted by Gasteiger charge is -2.12. The second-order valence-corrected chi connectivity index (χ2v) is 4.01. The fourth-order valence-electron chi connectivity index (χ4n) is 1.95. The quantitative estimate of drug-likeness (QED) is 0.459. The first-order valence-corrected chi connectivity index (χ1v) is 5.30. The summed E-state index contributed by atoms with van der Waals surface area (Å²) in [6.45, 7) is 0. The van der Waals surface area contributed by atoms with Crippen LogP contribution in [0.3, 0.4) is 0 Å². The molecule has 0 saturated heterocycles. The Hall–Kier alpha value is -2.63. The number of hydrogen-bond donors (Lipinski definition) is 1. The van der Waals surface area contributed by atoms with Crippen molar-refractivity contribution in [1.29, 1.82) is 0 Å². The van der Waals surface area contributed by atoms with E-state index < -0.39 is 11.2 Å². The first-order chi connectivity index (χ1) is 8.59. The van der Waals surface area contributed by atoms with Gasteiger partial charge in [-0.3, -0.25) is 9.36 Å². The van der Waals surface area contributed by atoms with Crippen molar-refractivity contribution in [2.24, 2.45) is 7.05 Å². The van der Waals surface area contributed by atoms with Crippen LogP contribution < -0.4 is 11.2 Å². The molecule has 0 fully saturated rings. The Labute approximate surface area is 101 Å². The zero-order valence-corrected chi connectivity index (χ0v) is 9.49. The van der Waals surface area contributed by atoms with E-state index in [0.29, 0.717) is 10.9 Å². The largest absolute Gasteiger partial charge is 0.426 e. The van der Waals surface area contributed by atoms with Crippen molar-refractivity contribution in [3.8, 4) is 11.4 Å². The topological polar surface area (TPSA) is 77.1 Å². The average molecular weight is 243 g/mol. The van der Waals surface area contributed by atoms with Gasteiger partial charge in [0, 0.05) is 12.4 Å². The normalized spacial score (nSPS) is 11.2. The molecule has 2 aliphatic heterocycles. The summed E-state index contributed by atoms with van der Waals surface area (Å²) < 4.78 is 1.69. The highest BCUT2D eigenvalue weighted by molar-refractivity contribution is 5.84. The van der Waals surface area contributed by atoms with Crippen molar-refractivity contribution in [2.75, 3.05) is 0 Å². The Balaban J connectivity index is 2.65. The van der Waals surface area contributed by atoms with Crippen LogP contribution in [0, 0.1) is 0 Å². The molecule has 1 aromatic carbocycles. The fraction of sp³-hybridized carbons (Fsp3) is 0.0833. The molecule has 0 atom stereocenters. The molecule has 0 aliphatic carbocycles. The van der Waals surface area contributed by atoms with E-state index in [1.807, 2.05) is 0 Å². The lowest BCUT2D eigenvalue weighted by Crippen LogP contribution is -2.35. The fourth-order valence-corrected chi connectivity index (χ4v) is 1.95. The maximum Gasteiger partial charge on any atom is 0.352 e. The molecule has 0 bridgehead atoms. The Morgan fingerprint density at radius 2 is 1.94 bits per heavy atom. The highest BCUT2D eigenvalue weighted by Crippen LogP contribution is 2.21. The lowest BCUT2D eigenvalue weighted by atomic mass is 10.1. The summed E-state index contributed by atoms with van der Waals surface area (Å²) in [5.41, 5.74) is -0.465. The van der Waals surface area contributed by atoms with Crippen LogP contribution in [0.5, 0.6) is 0 Å². The van der Waals surface area contributed by atoms with E-state index in [9.17, 15) is 14.8 Å². The Morgan fingerprint density at radius 3 is 2.72 bits per heavy atom. The van der Waals surface area contributed by atoms with Gasteiger partial charge in [-0.25, -0.2) is 4.79 Å². The summed E-state index contributed by atoms with van der Waals surface area (Å²) >= 11 is 0. The SMILES string of the molecule is Cn1c(=O)nc2n(O)c3ccccc3cc-2c1=O. The van der Waals surface area contributed by atoms with Crippen LogP contribution in [0.15, 0.2) is 39.9 Å². The van der Waals surface area contributed by atoms with E-state index in [-0.39, 0.29) is 11.4 Å². The minimum atomic E-state index is -0.689. The van der Waals surface area contributed by atoms with Crippen molar-refractivity contribution in [2.45, 2.75) is 0 Å². The zero-order valence-electron chi connectivity index (χ0n) is 9.49. The smallest absolute Gasteiger partial charge is 0.352 e. The summed E-state index contributed by atoms with van der Waals surface area (Å²) in [6, 6.07) is 8.62. The molecule has 1 aromatic rings. The average Bonchev–Trinajstić information content (AvgIpc) is 2.38. The molecule has 0 radical (unpaired) electrons. The van der Waals surface area contributed by atoms with Gasteiger partial charge in [-0.05, 0) is 12.1 Å². The van der Waals surface area contributed by atoms with Crippen LogP contribution in [0.2, 0.25) is 0 Å². The molecular weight excluding hydrogens is 234 g/mol. The van der Waals surface area contributed by atoms with E-state index in [2.05, 4.69) is 4.98 Å². The molecule has 0 saturated carbocycles. The van der Waals surface area contributed by atoms with Crippen LogP contribution >= 0.6 is 0 Å². The van der Waals surface area contributed by atoms with Crippen molar-refractivity contribution in [3.63, 3.8) is 0 Å². The van der Waals surface area contributed by atoms with Crippen LogP contribution in [0.1, 0.15) is 0 Å². The zero-order chi connectivity index (χ0) is 12.9. The van der Waals surface area contributed by atoms with Gasteiger partial charge in [-0.15, -0.1) is 0 Å². The molecule has 3 rings (SSSR count). The van der Waals surface area contributed by atoms with Gasteiger partial charge in [0.05, 0.1) is 11.1 Å². The first kappa shape index (κ1) is 10.5. The Bertz CT molecular complexity index is 847. The number of nitrogens with zero attached hydrogens (tertiary/aromatic N) is 3. The van der Waals surface area contributed by atoms with E-state index >= 15 is 0 Å². The number of benzene rings is 1. The minimum absolute atomic E-state index is 0.0261. The molecule has 90 valence electrons. The summed E-state index contributed by atoms with van der Waals surface area (Å²) in [5, 5.41) is 10.7. The molecule has 18 heavy (non-hydrogen) atoms. The van der Waals surface area contributed by atoms with Crippen molar-refractivity contribution >= 4 is 10.9 Å². The van der Waals surface area contributed by atoms with E-state index in [4.69, 9.17) is 0 Å². The molecule has 2 aliphatic rings. The van der Waals surface area contributed by atoms with Crippen molar-refractivity contribution < 1.29 is 5.21 Å². The summed E-state index contributed by atoms with van der Waals surface area (Å²) in [5.74, 6) is -0.0261. The lowest BCUT2D eigenvalue weighted by molar-refractivity contribution is 0.199. The second-order valence-electron chi connectivity index (χ2n) is 4.01. The van der Waals surface area contributed by atoms with Gasteiger partial charge in [0.1, 0.15) is 0 Å². The predicted molar refractivity (Wildman–Crippen MR) is 65.1 cm³/mol. The molecule has 2 heterocycles. The molecule has 1 N–H and O–H groups in total. The van der Waals surface area contributed by atoms with Gasteiger partial charge in [0.2, 0.25) is 0 Å². The number of fused-ring (bicyclic) bond motifs is 2. The highest BCUT2D eigenvalue weighted by Gasteiger charge is 2.17. The van der Waals surface area contributed by atoms with Gasteiger partial charge >= 0.3 is 5.69 Å². The van der Waals surface area contributed by atoms with Gasteiger partial charge in [-0.1, -0.05) is 18.2 Å². The first-order valence-electron chi connectivity index (χ1n) is 5.30. The van der Waals surface area contributed by atoms with Gasteiger partial charge in [0.15, 0.2) is 5.82 Å². The number of hydrogen-bond acceptors (Lipinski definition) is 4. The van der Waals surface area contributed by atoms with E-state index in [0.717, 1.165) is 9.30 Å². The minimum Gasteiger partial charge on any atom is -0.426 e. The monoisotopic (exact) mass is 243 g/mol. The van der Waals surface area contributed by atoms with E-state index in [1.165, 1.54) is 7.05 Å². The summed E-state index contributed by atoms with van der Waals surface area (Å²) in [6.07, 6.45) is 0. The Morgan fingerprint density at radius 1 is 1.22 bits per heavy atom. The predicted octanol–water partition coefficient (Wildman–Crippen LogP) is 0.437. The van der Waals surface area contributed by atoms with Crippen LogP contribution in [-0.4, -0.2) is 19.5 Å². The van der Waals surface area contributed by atoms with E-state index in [1.54, 1.807) is 30.3 Å². The third-order valence-corrected chi connectivity index (χ3v) is 2.93. The molecule has 0 spiro atoms. The molecule has 0 unspecified atom stereocenters. The van der Waals surface area contributed by atoms with Gasteiger partial charge in [0.25, 0.3) is 5.56 Å². The molecule has 0 aromatic heterocycles. The molecule has 6 nitrogen and oxygen atoms in total. The summed E-state index contributed by atoms with van der Waals surface area (Å²) in [7, 11) is 1.36. The van der Waals surface area contributed by atoms with Crippen LogP contribution in [0.4, 0.5) is 0 Å². The number of aromatic nitrogens is 3. The standard InChI is InChI=1S/C12H9N3O3/c1-14-11(16)8-6-7-4-2-3-5-9(7)15(18)10(8)13-12(14)17/h2-6,18H,1H3. The van der Waals surface area contributed by atoms with Gasteiger partial charge < -0.3 is 5.21 Å². The molecule has 6 heteroatoms. The highest BCUT2D eigenvalue weighted by atomic mass is 16.5. The van der Waals surface area contributed by atoms with Crippen molar-refractivity contribution in [3.05, 3.63) is 51.2 Å². The van der Waals surface area contributed by atoms with Crippen LogP contribution in [0.25, 0.3) is 22.3 Å². The second kappa shape index (κ2) is 3.43. The number of rotatable bonds is 0. The summed E-state index contributed by atoms with van der Waals surface area (Å²) in [4.78, 5) is 27.1. The Kier molecular flexibility index (Phi) is 2.00. The van der Waals surface area contributed by atoms with Gasteiger partial charge in [-0.2, -0.15) is 9.71 Å². The maximum absolute atomic E-state index is 11.9. The van der Waals surface area contributed by atoms with Crippen molar-refractivity contribution in [1.82, 2.24) is 14.3 Å². The third kappa shape index (κ3) is 1.26. The van der Waals surface area contributed by atoms with Crippen LogP contribution in [-0.2, 0) is 7.05 Å². The molecule has 0 amide bonds. The maximum atomic E-state index is 11.9. The third-order valence-electron chi connectivity index (χ3n) is 2.93.